The van der Waals surface area contributed by atoms with Crippen LogP contribution in [-0.4, -0.2) is 9.78 Å². The van der Waals surface area contributed by atoms with Crippen LogP contribution >= 0.6 is 23.2 Å². The van der Waals surface area contributed by atoms with E-state index in [0.717, 1.165) is 0 Å². The van der Waals surface area contributed by atoms with Crippen molar-refractivity contribution in [3.05, 3.63) is 50.9 Å². The lowest BCUT2D eigenvalue weighted by molar-refractivity contribution is 0.864. The number of benzene rings is 1. The fourth-order valence-corrected chi connectivity index (χ4v) is 1.52. The monoisotopic (exact) mass is 228 g/mol. The van der Waals surface area contributed by atoms with Gasteiger partial charge >= 0.3 is 0 Å². The zero-order valence-corrected chi connectivity index (χ0v) is 8.51. The largest absolute Gasteiger partial charge is 0.268 e. The predicted molar refractivity (Wildman–Crippen MR) is 56.4 cm³/mol. The van der Waals surface area contributed by atoms with Crippen LogP contribution in [0.1, 0.15) is 0 Å². The third-order valence-corrected chi connectivity index (χ3v) is 2.33. The normalized spacial score (nSPS) is 10.4. The second kappa shape index (κ2) is 3.52. The van der Waals surface area contributed by atoms with Gasteiger partial charge in [-0.25, -0.2) is 0 Å². The van der Waals surface area contributed by atoms with Crippen molar-refractivity contribution in [2.24, 2.45) is 0 Å². The molecule has 1 N–H and O–H groups in total. The Morgan fingerprint density at radius 1 is 1.21 bits per heavy atom. The Morgan fingerprint density at radius 3 is 2.64 bits per heavy atom. The van der Waals surface area contributed by atoms with Crippen molar-refractivity contribution in [2.45, 2.75) is 0 Å². The lowest BCUT2D eigenvalue weighted by atomic mass is 10.3. The van der Waals surface area contributed by atoms with Gasteiger partial charge in [0.1, 0.15) is 0 Å². The molecule has 0 unspecified atom stereocenters. The number of rotatable bonds is 1. The molecule has 1 aromatic heterocycles. The molecule has 1 aromatic carbocycles. The van der Waals surface area contributed by atoms with Crippen LogP contribution in [0.15, 0.2) is 35.3 Å². The van der Waals surface area contributed by atoms with Gasteiger partial charge < -0.3 is 0 Å². The van der Waals surface area contributed by atoms with E-state index < -0.39 is 0 Å². The summed E-state index contributed by atoms with van der Waals surface area (Å²) in [7, 11) is 0. The lowest BCUT2D eigenvalue weighted by Gasteiger charge is -2.04. The van der Waals surface area contributed by atoms with E-state index in [9.17, 15) is 4.79 Å². The van der Waals surface area contributed by atoms with Crippen molar-refractivity contribution in [1.82, 2.24) is 9.78 Å². The minimum Gasteiger partial charge on any atom is -0.268 e. The van der Waals surface area contributed by atoms with Gasteiger partial charge in [0.05, 0.1) is 10.7 Å². The Morgan fingerprint density at radius 2 is 2.00 bits per heavy atom. The number of aromatic nitrogens is 2. The molecule has 0 aliphatic carbocycles. The molecule has 14 heavy (non-hydrogen) atoms. The number of nitrogens with one attached hydrogen (secondary N) is 1. The van der Waals surface area contributed by atoms with Crippen molar-refractivity contribution in [2.75, 3.05) is 0 Å². The molecule has 0 aliphatic heterocycles. The first-order valence-electron chi connectivity index (χ1n) is 3.90. The van der Waals surface area contributed by atoms with Crippen LogP contribution in [0, 0.1) is 0 Å². The Kier molecular flexibility index (Phi) is 2.35. The van der Waals surface area contributed by atoms with E-state index in [4.69, 9.17) is 23.2 Å². The highest BCUT2D eigenvalue weighted by Gasteiger charge is 2.03. The third-order valence-electron chi connectivity index (χ3n) is 1.77. The second-order valence-electron chi connectivity index (χ2n) is 2.76. The summed E-state index contributed by atoms with van der Waals surface area (Å²) < 4.78 is 1.52. The molecule has 0 amide bonds. The molecule has 5 heteroatoms. The zero-order chi connectivity index (χ0) is 10.1. The smallest absolute Gasteiger partial charge is 0.264 e. The van der Waals surface area contributed by atoms with Gasteiger partial charge in [-0.05, 0) is 18.2 Å². The van der Waals surface area contributed by atoms with Crippen molar-refractivity contribution in [3.63, 3.8) is 0 Å². The Hall–Kier alpha value is -1.19. The zero-order valence-electron chi connectivity index (χ0n) is 7.00. The van der Waals surface area contributed by atoms with Crippen LogP contribution in [0.3, 0.4) is 0 Å². The first-order valence-corrected chi connectivity index (χ1v) is 4.65. The topological polar surface area (TPSA) is 37.8 Å². The van der Waals surface area contributed by atoms with Crippen LogP contribution < -0.4 is 5.56 Å². The fraction of sp³-hybridized carbons (Fsp3) is 0. The number of hydrogen-bond donors (Lipinski definition) is 1. The van der Waals surface area contributed by atoms with E-state index in [1.165, 1.54) is 10.7 Å². The molecule has 0 saturated heterocycles. The molecule has 0 radical (unpaired) electrons. The fourth-order valence-electron chi connectivity index (χ4n) is 1.15. The first kappa shape index (κ1) is 9.37. The molecule has 3 nitrogen and oxygen atoms in total. The summed E-state index contributed by atoms with van der Waals surface area (Å²) in [5, 5.41) is 3.68. The number of halogens is 2. The van der Waals surface area contributed by atoms with Crippen LogP contribution in [0.5, 0.6) is 0 Å². The van der Waals surface area contributed by atoms with Crippen molar-refractivity contribution in [1.29, 1.82) is 0 Å². The van der Waals surface area contributed by atoms with Gasteiger partial charge in [0.2, 0.25) is 0 Å². The molecular weight excluding hydrogens is 223 g/mol. The molecule has 1 heterocycles. The second-order valence-corrected chi connectivity index (χ2v) is 3.60. The minimum absolute atomic E-state index is 0.180. The number of hydrogen-bond acceptors (Lipinski definition) is 1. The average molecular weight is 229 g/mol. The molecule has 2 aromatic rings. The Labute approximate surface area is 89.9 Å². The molecule has 0 spiro atoms. The Bertz CT molecular complexity index is 516. The van der Waals surface area contributed by atoms with Gasteiger partial charge in [-0.15, -0.1) is 0 Å². The maximum Gasteiger partial charge on any atom is 0.264 e. The van der Waals surface area contributed by atoms with E-state index in [2.05, 4.69) is 5.10 Å². The van der Waals surface area contributed by atoms with Crippen molar-refractivity contribution >= 4 is 23.2 Å². The van der Waals surface area contributed by atoms with Gasteiger partial charge in [0.15, 0.2) is 0 Å². The first-order chi connectivity index (χ1) is 6.66. The summed E-state index contributed by atoms with van der Waals surface area (Å²) in [6.07, 6.45) is 1.60. The van der Waals surface area contributed by atoms with Gasteiger partial charge in [-0.1, -0.05) is 23.2 Å². The van der Waals surface area contributed by atoms with Crippen LogP contribution in [0.25, 0.3) is 5.69 Å². The molecule has 0 bridgehead atoms. The minimum atomic E-state index is -0.180. The molecular formula is C9H6Cl2N2O. The van der Waals surface area contributed by atoms with E-state index in [1.54, 1.807) is 24.4 Å². The van der Waals surface area contributed by atoms with Gasteiger partial charge in [0, 0.05) is 17.3 Å². The van der Waals surface area contributed by atoms with E-state index in [1.807, 2.05) is 0 Å². The summed E-state index contributed by atoms with van der Waals surface area (Å²) in [5.41, 5.74) is 0.474. The van der Waals surface area contributed by atoms with Crippen molar-refractivity contribution < 1.29 is 0 Å². The van der Waals surface area contributed by atoms with Crippen LogP contribution in [0.2, 0.25) is 10.0 Å². The SMILES string of the molecule is O=c1ccn(-c2cc(Cl)ccc2Cl)[nH]1. The average Bonchev–Trinajstić information content (AvgIpc) is 2.56. The third kappa shape index (κ3) is 1.69. The molecule has 0 fully saturated rings. The highest BCUT2D eigenvalue weighted by atomic mass is 35.5. The molecule has 0 aliphatic rings. The highest BCUT2D eigenvalue weighted by molar-refractivity contribution is 6.34. The molecule has 2 rings (SSSR count). The number of nitrogens with zero attached hydrogens (tertiary/aromatic N) is 1. The molecule has 0 saturated carbocycles. The summed E-state index contributed by atoms with van der Waals surface area (Å²) in [4.78, 5) is 10.9. The quantitative estimate of drug-likeness (QED) is 0.801. The lowest BCUT2D eigenvalue weighted by Crippen LogP contribution is -2.03. The number of H-pyrrole nitrogens is 1. The summed E-state index contributed by atoms with van der Waals surface area (Å²) >= 11 is 11.7. The van der Waals surface area contributed by atoms with Crippen LogP contribution in [0.4, 0.5) is 0 Å². The number of aromatic amines is 1. The van der Waals surface area contributed by atoms with Gasteiger partial charge in [-0.2, -0.15) is 0 Å². The predicted octanol–water partition coefficient (Wildman–Crippen LogP) is 2.47. The maximum atomic E-state index is 10.9. The van der Waals surface area contributed by atoms with Gasteiger partial charge in [0.25, 0.3) is 5.56 Å². The van der Waals surface area contributed by atoms with E-state index >= 15 is 0 Å². The summed E-state index contributed by atoms with van der Waals surface area (Å²) in [5.74, 6) is 0. The van der Waals surface area contributed by atoms with Crippen molar-refractivity contribution in [3.8, 4) is 5.69 Å². The van der Waals surface area contributed by atoms with Crippen LogP contribution in [-0.2, 0) is 0 Å². The van der Waals surface area contributed by atoms with E-state index in [-0.39, 0.29) is 5.56 Å². The highest BCUT2D eigenvalue weighted by Crippen LogP contribution is 2.22. The maximum absolute atomic E-state index is 10.9. The Balaban J connectivity index is 2.61. The standard InChI is InChI=1S/C9H6Cl2N2O/c10-6-1-2-7(11)8(5-6)13-4-3-9(14)12-13/h1-5H,(H,12,14). The summed E-state index contributed by atoms with van der Waals surface area (Å²) in [6.45, 7) is 0. The molecule has 0 atom stereocenters. The van der Waals surface area contributed by atoms with E-state index in [0.29, 0.717) is 15.7 Å². The molecule has 72 valence electrons. The summed E-state index contributed by atoms with van der Waals surface area (Å²) in [6, 6.07) is 6.46. The van der Waals surface area contributed by atoms with Gasteiger partial charge in [-0.3, -0.25) is 14.6 Å².